The summed E-state index contributed by atoms with van der Waals surface area (Å²) in [5.41, 5.74) is 2.35. The number of hydrogen-bond acceptors (Lipinski definition) is 3. The van der Waals surface area contributed by atoms with Crippen molar-refractivity contribution in [2.45, 2.75) is 56.9 Å². The van der Waals surface area contributed by atoms with Gasteiger partial charge in [-0.05, 0) is 60.6 Å². The molecule has 1 N–H and O–H groups in total. The highest BCUT2D eigenvalue weighted by atomic mass is 35.5. The molecule has 1 aliphatic heterocycles. The van der Waals surface area contributed by atoms with Crippen LogP contribution in [-0.4, -0.2) is 31.7 Å². The lowest BCUT2D eigenvalue weighted by Crippen LogP contribution is -2.45. The highest BCUT2D eigenvalue weighted by molar-refractivity contribution is 7.89. The molecular weight excluding hydrogens is 432 g/mol. The number of carbonyl (C=O) groups is 1. The summed E-state index contributed by atoms with van der Waals surface area (Å²) in [6.45, 7) is 9.06. The first kappa shape index (κ1) is 23.8. The highest BCUT2D eigenvalue weighted by Gasteiger charge is 2.33. The van der Waals surface area contributed by atoms with Crippen molar-refractivity contribution in [2.75, 3.05) is 13.1 Å². The van der Waals surface area contributed by atoms with Crippen molar-refractivity contribution in [3.05, 3.63) is 64.7 Å². The van der Waals surface area contributed by atoms with Gasteiger partial charge in [-0.1, -0.05) is 56.6 Å². The molecular formula is C24H31ClN2O3S. The summed E-state index contributed by atoms with van der Waals surface area (Å²) in [5.74, 6) is -0.476. The predicted octanol–water partition coefficient (Wildman–Crippen LogP) is 4.92. The highest BCUT2D eigenvalue weighted by Crippen LogP contribution is 2.27. The van der Waals surface area contributed by atoms with Gasteiger partial charge in [-0.25, -0.2) is 8.42 Å². The molecule has 1 fully saturated rings. The zero-order valence-electron chi connectivity index (χ0n) is 18.6. The molecule has 0 radical (unpaired) electrons. The van der Waals surface area contributed by atoms with Crippen molar-refractivity contribution in [3.63, 3.8) is 0 Å². The van der Waals surface area contributed by atoms with Crippen molar-refractivity contribution in [3.8, 4) is 0 Å². The molecule has 5 nitrogen and oxygen atoms in total. The minimum absolute atomic E-state index is 0.0755. The lowest BCUT2D eigenvalue weighted by molar-refractivity contribution is -0.126. The Morgan fingerprint density at radius 1 is 1.10 bits per heavy atom. The van der Waals surface area contributed by atoms with E-state index in [9.17, 15) is 13.2 Å². The third-order valence-electron chi connectivity index (χ3n) is 5.84. The molecule has 2 aromatic carbocycles. The van der Waals surface area contributed by atoms with E-state index >= 15 is 0 Å². The second-order valence-electron chi connectivity index (χ2n) is 9.26. The Balaban J connectivity index is 1.66. The fourth-order valence-electron chi connectivity index (χ4n) is 3.82. The van der Waals surface area contributed by atoms with Gasteiger partial charge in [0.05, 0.1) is 16.9 Å². The second kappa shape index (κ2) is 9.31. The molecule has 168 valence electrons. The Labute approximate surface area is 190 Å². The molecule has 0 aromatic heterocycles. The van der Waals surface area contributed by atoms with Gasteiger partial charge < -0.3 is 5.32 Å². The number of piperidine rings is 1. The summed E-state index contributed by atoms with van der Waals surface area (Å²) >= 11 is 5.88. The smallest absolute Gasteiger partial charge is 0.243 e. The van der Waals surface area contributed by atoms with E-state index in [2.05, 4.69) is 38.2 Å². The molecule has 0 spiro atoms. The average Bonchev–Trinajstić information content (AvgIpc) is 2.73. The van der Waals surface area contributed by atoms with E-state index in [0.29, 0.717) is 24.4 Å². The van der Waals surface area contributed by atoms with E-state index in [-0.39, 0.29) is 34.7 Å². The lowest BCUT2D eigenvalue weighted by atomic mass is 9.86. The van der Waals surface area contributed by atoms with Crippen LogP contribution in [0.4, 0.5) is 0 Å². The molecule has 0 aliphatic carbocycles. The first-order valence-corrected chi connectivity index (χ1v) is 12.5. The molecule has 3 rings (SSSR count). The maximum Gasteiger partial charge on any atom is 0.243 e. The Morgan fingerprint density at radius 2 is 1.71 bits per heavy atom. The van der Waals surface area contributed by atoms with Crippen LogP contribution in [0, 0.1) is 5.92 Å². The van der Waals surface area contributed by atoms with E-state index in [1.54, 1.807) is 12.1 Å². The molecule has 1 saturated heterocycles. The Morgan fingerprint density at radius 3 is 2.29 bits per heavy atom. The monoisotopic (exact) mass is 462 g/mol. The molecule has 1 heterocycles. The van der Waals surface area contributed by atoms with Crippen LogP contribution in [0.5, 0.6) is 0 Å². The van der Waals surface area contributed by atoms with E-state index in [1.165, 1.54) is 22.0 Å². The van der Waals surface area contributed by atoms with Crippen LogP contribution in [0.25, 0.3) is 0 Å². The van der Waals surface area contributed by atoms with Crippen molar-refractivity contribution >= 4 is 27.5 Å². The van der Waals surface area contributed by atoms with Crippen LogP contribution in [0.3, 0.4) is 0 Å². The predicted molar refractivity (Wildman–Crippen MR) is 125 cm³/mol. The summed E-state index contributed by atoms with van der Waals surface area (Å²) in [6, 6.07) is 14.3. The number of hydrogen-bond donors (Lipinski definition) is 1. The molecule has 0 bridgehead atoms. The minimum Gasteiger partial charge on any atom is -0.349 e. The number of benzene rings is 2. The van der Waals surface area contributed by atoms with E-state index in [1.807, 2.05) is 19.1 Å². The number of rotatable bonds is 5. The third-order valence-corrected chi connectivity index (χ3v) is 7.97. The van der Waals surface area contributed by atoms with Crippen LogP contribution < -0.4 is 5.32 Å². The fraction of sp³-hybridized carbons (Fsp3) is 0.458. The number of amides is 1. The molecule has 0 saturated carbocycles. The molecule has 1 amide bonds. The zero-order chi connectivity index (χ0) is 22.8. The van der Waals surface area contributed by atoms with Crippen LogP contribution in [0.2, 0.25) is 5.02 Å². The molecule has 0 unspecified atom stereocenters. The standard InChI is InChI=1S/C24H31ClN2O3S/c1-17(18-7-9-20(10-8-18)24(2,3)4)26-23(28)19-6-5-15-27(16-19)31(29,30)22-13-11-21(25)12-14-22/h7-14,17,19H,5-6,15-16H2,1-4H3,(H,26,28)/t17-,19+/m0/s1. The van der Waals surface area contributed by atoms with E-state index in [0.717, 1.165) is 5.56 Å². The van der Waals surface area contributed by atoms with Gasteiger partial charge in [0, 0.05) is 18.1 Å². The third kappa shape index (κ3) is 5.68. The van der Waals surface area contributed by atoms with Crippen molar-refractivity contribution < 1.29 is 13.2 Å². The van der Waals surface area contributed by atoms with Crippen molar-refractivity contribution in [1.29, 1.82) is 0 Å². The van der Waals surface area contributed by atoms with Crippen molar-refractivity contribution in [1.82, 2.24) is 9.62 Å². The summed E-state index contributed by atoms with van der Waals surface area (Å²) in [5, 5.41) is 3.55. The Hall–Kier alpha value is -1.89. The number of halogens is 1. The molecule has 1 aliphatic rings. The summed E-state index contributed by atoms with van der Waals surface area (Å²) in [4.78, 5) is 13.1. The van der Waals surface area contributed by atoms with Crippen LogP contribution in [0.1, 0.15) is 57.7 Å². The SMILES string of the molecule is C[C@H](NC(=O)[C@@H]1CCCN(S(=O)(=O)c2ccc(Cl)cc2)C1)c1ccc(C(C)(C)C)cc1. The Bertz CT molecular complexity index is 1010. The maximum atomic E-state index is 13.0. The number of carbonyl (C=O) groups excluding carboxylic acids is 1. The van der Waals surface area contributed by atoms with Crippen LogP contribution >= 0.6 is 11.6 Å². The first-order chi connectivity index (χ1) is 14.5. The van der Waals surface area contributed by atoms with Gasteiger partial charge in [0.25, 0.3) is 0 Å². The van der Waals surface area contributed by atoms with Gasteiger partial charge in [-0.3, -0.25) is 4.79 Å². The largest absolute Gasteiger partial charge is 0.349 e. The lowest BCUT2D eigenvalue weighted by Gasteiger charge is -2.32. The normalized spacial score (nSPS) is 19.1. The average molecular weight is 463 g/mol. The minimum atomic E-state index is -3.65. The van der Waals surface area contributed by atoms with Gasteiger partial charge in [0.2, 0.25) is 15.9 Å². The number of nitrogens with zero attached hydrogens (tertiary/aromatic N) is 1. The summed E-state index contributed by atoms with van der Waals surface area (Å²) in [7, 11) is -3.65. The molecule has 2 aromatic rings. The van der Waals surface area contributed by atoms with Crippen LogP contribution in [0.15, 0.2) is 53.4 Å². The molecule has 31 heavy (non-hydrogen) atoms. The van der Waals surface area contributed by atoms with Gasteiger partial charge in [-0.2, -0.15) is 4.31 Å². The van der Waals surface area contributed by atoms with Crippen LogP contribution in [-0.2, 0) is 20.2 Å². The van der Waals surface area contributed by atoms with Gasteiger partial charge in [0.1, 0.15) is 0 Å². The number of nitrogens with one attached hydrogen (secondary N) is 1. The summed E-state index contributed by atoms with van der Waals surface area (Å²) < 4.78 is 27.4. The van der Waals surface area contributed by atoms with Crippen molar-refractivity contribution in [2.24, 2.45) is 5.92 Å². The Kier molecular flexibility index (Phi) is 7.14. The maximum absolute atomic E-state index is 13.0. The van der Waals surface area contributed by atoms with Gasteiger partial charge >= 0.3 is 0 Å². The number of sulfonamides is 1. The summed E-state index contributed by atoms with van der Waals surface area (Å²) in [6.07, 6.45) is 1.33. The topological polar surface area (TPSA) is 66.5 Å². The van der Waals surface area contributed by atoms with E-state index in [4.69, 9.17) is 11.6 Å². The quantitative estimate of drug-likeness (QED) is 0.686. The zero-order valence-corrected chi connectivity index (χ0v) is 20.1. The van der Waals surface area contributed by atoms with E-state index < -0.39 is 10.0 Å². The van der Waals surface area contributed by atoms with Gasteiger partial charge in [-0.15, -0.1) is 0 Å². The molecule has 7 heteroatoms. The molecule has 2 atom stereocenters. The first-order valence-electron chi connectivity index (χ1n) is 10.6. The van der Waals surface area contributed by atoms with Gasteiger partial charge in [0.15, 0.2) is 0 Å². The fourth-order valence-corrected chi connectivity index (χ4v) is 5.47. The second-order valence-corrected chi connectivity index (χ2v) is 11.6.